The lowest BCUT2D eigenvalue weighted by Crippen LogP contribution is -2.44. The number of halogens is 1. The van der Waals surface area contributed by atoms with Gasteiger partial charge >= 0.3 is 0 Å². The minimum absolute atomic E-state index is 0.368. The van der Waals surface area contributed by atoms with Crippen LogP contribution in [-0.2, 0) is 4.79 Å². The van der Waals surface area contributed by atoms with Crippen LogP contribution in [0, 0.1) is 0 Å². The summed E-state index contributed by atoms with van der Waals surface area (Å²) in [4.78, 5) is 14.0. The Morgan fingerprint density at radius 2 is 2.20 bits per heavy atom. The number of carbonyl (C=O) groups excluding carboxylic acids is 1. The fraction of sp³-hybridized carbons (Fsp3) is 0.917. The topological polar surface area (TPSA) is 20.3 Å². The second-order valence-corrected chi connectivity index (χ2v) is 5.00. The van der Waals surface area contributed by atoms with E-state index >= 15 is 0 Å². The van der Waals surface area contributed by atoms with Crippen molar-refractivity contribution in [1.29, 1.82) is 0 Å². The van der Waals surface area contributed by atoms with Crippen molar-refractivity contribution in [2.24, 2.45) is 0 Å². The third-order valence-corrected chi connectivity index (χ3v) is 3.87. The molecule has 0 bridgehead atoms. The number of nitrogens with zero attached hydrogens (tertiary/aromatic N) is 1. The van der Waals surface area contributed by atoms with Crippen LogP contribution >= 0.6 is 15.9 Å². The SMILES string of the molecule is CCCCCC(=O)N1CCCCC1CBr. The van der Waals surface area contributed by atoms with Gasteiger partial charge < -0.3 is 4.90 Å². The molecule has 1 aliphatic rings. The smallest absolute Gasteiger partial charge is 0.222 e. The van der Waals surface area contributed by atoms with Crippen molar-refractivity contribution < 1.29 is 4.79 Å². The zero-order valence-corrected chi connectivity index (χ0v) is 11.3. The van der Waals surface area contributed by atoms with E-state index in [1.165, 1.54) is 32.1 Å². The first-order valence-electron chi connectivity index (χ1n) is 6.15. The summed E-state index contributed by atoms with van der Waals surface area (Å²) in [5.41, 5.74) is 0. The molecule has 1 heterocycles. The molecule has 1 atom stereocenters. The van der Waals surface area contributed by atoms with E-state index < -0.39 is 0 Å². The Labute approximate surface area is 102 Å². The maximum Gasteiger partial charge on any atom is 0.222 e. The van der Waals surface area contributed by atoms with Crippen molar-refractivity contribution in [2.75, 3.05) is 11.9 Å². The summed E-state index contributed by atoms with van der Waals surface area (Å²) in [5, 5.41) is 0.937. The molecule has 0 aromatic heterocycles. The number of unbranched alkanes of at least 4 members (excludes halogenated alkanes) is 2. The molecule has 0 aliphatic carbocycles. The maximum atomic E-state index is 11.9. The normalized spacial score (nSPS) is 21.7. The average Bonchev–Trinajstić information content (AvgIpc) is 2.29. The first-order chi connectivity index (χ1) is 7.29. The second-order valence-electron chi connectivity index (χ2n) is 4.35. The van der Waals surface area contributed by atoms with Crippen molar-refractivity contribution in [3.8, 4) is 0 Å². The molecule has 88 valence electrons. The lowest BCUT2D eigenvalue weighted by molar-refractivity contribution is -0.134. The number of rotatable bonds is 5. The molecule has 1 fully saturated rings. The largest absolute Gasteiger partial charge is 0.339 e. The standard InChI is InChI=1S/C12H22BrNO/c1-2-3-4-8-12(15)14-9-6-5-7-11(14)10-13/h11H,2-10H2,1H3. The van der Waals surface area contributed by atoms with E-state index in [4.69, 9.17) is 0 Å². The molecular formula is C12H22BrNO. The summed E-state index contributed by atoms with van der Waals surface area (Å²) < 4.78 is 0. The van der Waals surface area contributed by atoms with E-state index in [9.17, 15) is 4.79 Å². The van der Waals surface area contributed by atoms with E-state index in [0.717, 1.165) is 24.7 Å². The molecule has 0 saturated carbocycles. The third kappa shape index (κ3) is 4.13. The van der Waals surface area contributed by atoms with Gasteiger partial charge in [0, 0.05) is 24.3 Å². The molecule has 1 saturated heterocycles. The van der Waals surface area contributed by atoms with Crippen LogP contribution in [0.2, 0.25) is 0 Å². The van der Waals surface area contributed by atoms with Crippen LogP contribution < -0.4 is 0 Å². The zero-order chi connectivity index (χ0) is 11.1. The third-order valence-electron chi connectivity index (χ3n) is 3.12. The Morgan fingerprint density at radius 3 is 2.87 bits per heavy atom. The van der Waals surface area contributed by atoms with E-state index in [2.05, 4.69) is 27.8 Å². The molecule has 0 radical (unpaired) electrons. The molecule has 1 amide bonds. The summed E-state index contributed by atoms with van der Waals surface area (Å²) in [6, 6.07) is 0.452. The molecule has 0 spiro atoms. The van der Waals surface area contributed by atoms with Crippen LogP contribution in [0.25, 0.3) is 0 Å². The van der Waals surface area contributed by atoms with Crippen molar-refractivity contribution in [1.82, 2.24) is 4.90 Å². The Bertz CT molecular complexity index is 196. The lowest BCUT2D eigenvalue weighted by Gasteiger charge is -2.34. The molecule has 0 N–H and O–H groups in total. The first kappa shape index (κ1) is 13.0. The molecule has 1 unspecified atom stereocenters. The highest BCUT2D eigenvalue weighted by molar-refractivity contribution is 9.09. The van der Waals surface area contributed by atoms with Crippen LogP contribution in [0.5, 0.6) is 0 Å². The molecule has 1 aliphatic heterocycles. The van der Waals surface area contributed by atoms with E-state index in [-0.39, 0.29) is 0 Å². The van der Waals surface area contributed by atoms with Crippen molar-refractivity contribution >= 4 is 21.8 Å². The Balaban J connectivity index is 2.34. The van der Waals surface area contributed by atoms with Crippen LogP contribution in [0.3, 0.4) is 0 Å². The number of piperidine rings is 1. The predicted molar refractivity (Wildman–Crippen MR) is 67.3 cm³/mol. The van der Waals surface area contributed by atoms with Gasteiger partial charge in [-0.25, -0.2) is 0 Å². The van der Waals surface area contributed by atoms with Gasteiger partial charge in [0.25, 0.3) is 0 Å². The minimum atomic E-state index is 0.368. The van der Waals surface area contributed by atoms with Crippen molar-refractivity contribution in [3.05, 3.63) is 0 Å². The number of likely N-dealkylation sites (tertiary alicyclic amines) is 1. The summed E-state index contributed by atoms with van der Waals surface area (Å²) in [6.45, 7) is 3.15. The van der Waals surface area contributed by atoms with E-state index in [0.29, 0.717) is 11.9 Å². The van der Waals surface area contributed by atoms with Crippen LogP contribution in [0.4, 0.5) is 0 Å². The summed E-state index contributed by atoms with van der Waals surface area (Å²) in [7, 11) is 0. The maximum absolute atomic E-state index is 11.9. The molecule has 3 heteroatoms. The summed E-state index contributed by atoms with van der Waals surface area (Å²) in [6.07, 6.45) is 7.80. The molecule has 1 rings (SSSR count). The van der Waals surface area contributed by atoms with E-state index in [1.54, 1.807) is 0 Å². The molecule has 0 aromatic rings. The van der Waals surface area contributed by atoms with Gasteiger partial charge in [-0.15, -0.1) is 0 Å². The Hall–Kier alpha value is -0.0500. The monoisotopic (exact) mass is 275 g/mol. The van der Waals surface area contributed by atoms with Gasteiger partial charge in [-0.05, 0) is 25.7 Å². The summed E-state index contributed by atoms with van der Waals surface area (Å²) >= 11 is 3.51. The fourth-order valence-corrected chi connectivity index (χ4v) is 2.83. The average molecular weight is 276 g/mol. The van der Waals surface area contributed by atoms with Gasteiger partial charge in [0.05, 0.1) is 0 Å². The highest BCUT2D eigenvalue weighted by Gasteiger charge is 2.24. The van der Waals surface area contributed by atoms with Gasteiger partial charge in [-0.3, -0.25) is 4.79 Å². The van der Waals surface area contributed by atoms with Crippen LogP contribution in [0.1, 0.15) is 51.9 Å². The summed E-state index contributed by atoms with van der Waals surface area (Å²) in [5.74, 6) is 0.368. The molecule has 0 aromatic carbocycles. The van der Waals surface area contributed by atoms with Gasteiger partial charge in [-0.1, -0.05) is 35.7 Å². The number of hydrogen-bond acceptors (Lipinski definition) is 1. The van der Waals surface area contributed by atoms with Crippen molar-refractivity contribution in [3.63, 3.8) is 0 Å². The predicted octanol–water partition coefficient (Wildman–Crippen LogP) is 3.34. The van der Waals surface area contributed by atoms with Crippen molar-refractivity contribution in [2.45, 2.75) is 57.9 Å². The second kappa shape index (κ2) is 7.26. The number of hydrogen-bond donors (Lipinski definition) is 0. The molecule has 15 heavy (non-hydrogen) atoms. The highest BCUT2D eigenvalue weighted by atomic mass is 79.9. The Kier molecular flexibility index (Phi) is 6.30. The van der Waals surface area contributed by atoms with E-state index in [1.807, 2.05) is 0 Å². The first-order valence-corrected chi connectivity index (χ1v) is 7.27. The molecule has 2 nitrogen and oxygen atoms in total. The van der Waals surface area contributed by atoms with Gasteiger partial charge in [0.1, 0.15) is 0 Å². The van der Waals surface area contributed by atoms with Gasteiger partial charge in [0.15, 0.2) is 0 Å². The lowest BCUT2D eigenvalue weighted by atomic mass is 10.0. The van der Waals surface area contributed by atoms with Gasteiger partial charge in [-0.2, -0.15) is 0 Å². The Morgan fingerprint density at radius 1 is 1.40 bits per heavy atom. The number of carbonyl (C=O) groups is 1. The quantitative estimate of drug-likeness (QED) is 0.557. The fourth-order valence-electron chi connectivity index (χ4n) is 2.16. The number of alkyl halides is 1. The van der Waals surface area contributed by atoms with Crippen LogP contribution in [0.15, 0.2) is 0 Å². The highest BCUT2D eigenvalue weighted by Crippen LogP contribution is 2.20. The van der Waals surface area contributed by atoms with Crippen LogP contribution in [-0.4, -0.2) is 28.7 Å². The minimum Gasteiger partial charge on any atom is -0.339 e. The zero-order valence-electron chi connectivity index (χ0n) is 9.67. The number of amides is 1. The van der Waals surface area contributed by atoms with Gasteiger partial charge in [0.2, 0.25) is 5.91 Å². The molecular weight excluding hydrogens is 254 g/mol.